The minimum absolute atomic E-state index is 0.720. The van der Waals surface area contributed by atoms with Gasteiger partial charge in [-0.25, -0.2) is 0 Å². The highest BCUT2D eigenvalue weighted by molar-refractivity contribution is 5.61. The first-order chi connectivity index (χ1) is 10.2. The molecule has 0 amide bonds. The SMILES string of the molecule is CCCN(Cc1ccccc1N)c1ccc(C)cc1C#N. The molecule has 0 fully saturated rings. The number of anilines is 2. The Bertz CT molecular complexity index is 656. The molecule has 0 radical (unpaired) electrons. The molecule has 3 heteroatoms. The highest BCUT2D eigenvalue weighted by atomic mass is 15.1. The molecule has 0 heterocycles. The van der Waals surface area contributed by atoms with Crippen LogP contribution in [0.3, 0.4) is 0 Å². The summed E-state index contributed by atoms with van der Waals surface area (Å²) < 4.78 is 0. The number of para-hydroxylation sites is 1. The van der Waals surface area contributed by atoms with Crippen LogP contribution in [0.15, 0.2) is 42.5 Å². The first-order valence-corrected chi connectivity index (χ1v) is 7.24. The van der Waals surface area contributed by atoms with E-state index in [4.69, 9.17) is 5.73 Å². The fraction of sp³-hybridized carbons (Fsp3) is 0.278. The molecule has 0 aromatic heterocycles. The van der Waals surface area contributed by atoms with Crippen molar-refractivity contribution in [1.82, 2.24) is 0 Å². The molecule has 0 unspecified atom stereocenters. The molecule has 0 bridgehead atoms. The van der Waals surface area contributed by atoms with Crippen LogP contribution < -0.4 is 10.6 Å². The van der Waals surface area contributed by atoms with Crippen LogP contribution in [-0.2, 0) is 6.54 Å². The number of rotatable bonds is 5. The van der Waals surface area contributed by atoms with Gasteiger partial charge in [0.1, 0.15) is 6.07 Å². The van der Waals surface area contributed by atoms with Gasteiger partial charge in [-0.15, -0.1) is 0 Å². The average Bonchev–Trinajstić information content (AvgIpc) is 2.49. The molecule has 0 spiro atoms. The number of nitrogens with two attached hydrogens (primary N) is 1. The summed E-state index contributed by atoms with van der Waals surface area (Å²) in [4.78, 5) is 2.23. The third-order valence-corrected chi connectivity index (χ3v) is 3.52. The second-order valence-corrected chi connectivity index (χ2v) is 5.25. The third kappa shape index (κ3) is 3.55. The lowest BCUT2D eigenvalue weighted by Crippen LogP contribution is -2.25. The van der Waals surface area contributed by atoms with Crippen LogP contribution in [0.4, 0.5) is 11.4 Å². The number of nitrogen functional groups attached to an aromatic ring is 1. The van der Waals surface area contributed by atoms with Gasteiger partial charge in [-0.1, -0.05) is 31.2 Å². The number of aryl methyl sites for hydroxylation is 1. The fourth-order valence-electron chi connectivity index (χ4n) is 2.45. The second-order valence-electron chi connectivity index (χ2n) is 5.25. The Morgan fingerprint density at radius 2 is 1.95 bits per heavy atom. The smallest absolute Gasteiger partial charge is 0.101 e. The van der Waals surface area contributed by atoms with Crippen LogP contribution in [0.5, 0.6) is 0 Å². The average molecular weight is 279 g/mol. The number of hydrogen-bond acceptors (Lipinski definition) is 3. The van der Waals surface area contributed by atoms with E-state index in [1.54, 1.807) is 0 Å². The molecule has 0 atom stereocenters. The summed E-state index contributed by atoms with van der Waals surface area (Å²) in [6.07, 6.45) is 1.02. The maximum absolute atomic E-state index is 9.38. The maximum Gasteiger partial charge on any atom is 0.101 e. The molecule has 2 aromatic rings. The van der Waals surface area contributed by atoms with Gasteiger partial charge in [-0.2, -0.15) is 5.26 Å². The van der Waals surface area contributed by atoms with E-state index >= 15 is 0 Å². The van der Waals surface area contributed by atoms with Gasteiger partial charge in [0.2, 0.25) is 0 Å². The van der Waals surface area contributed by atoms with Crippen LogP contribution in [0.1, 0.15) is 30.0 Å². The Labute approximate surface area is 126 Å². The zero-order chi connectivity index (χ0) is 15.2. The van der Waals surface area contributed by atoms with Gasteiger partial charge in [0.25, 0.3) is 0 Å². The third-order valence-electron chi connectivity index (χ3n) is 3.52. The van der Waals surface area contributed by atoms with Gasteiger partial charge < -0.3 is 10.6 Å². The van der Waals surface area contributed by atoms with Crippen molar-refractivity contribution in [3.8, 4) is 6.07 Å². The minimum Gasteiger partial charge on any atom is -0.398 e. The summed E-state index contributed by atoms with van der Waals surface area (Å²) in [5.74, 6) is 0. The number of nitrogens with zero attached hydrogens (tertiary/aromatic N) is 2. The molecule has 0 saturated carbocycles. The van der Waals surface area contributed by atoms with Crippen LogP contribution in [-0.4, -0.2) is 6.54 Å². The summed E-state index contributed by atoms with van der Waals surface area (Å²) in [5.41, 5.74) is 10.7. The van der Waals surface area contributed by atoms with Crippen molar-refractivity contribution < 1.29 is 0 Å². The van der Waals surface area contributed by atoms with E-state index in [1.807, 2.05) is 49.4 Å². The Balaban J connectivity index is 2.36. The number of hydrogen-bond donors (Lipinski definition) is 1. The van der Waals surface area contributed by atoms with Gasteiger partial charge in [-0.3, -0.25) is 0 Å². The van der Waals surface area contributed by atoms with Crippen molar-refractivity contribution in [3.05, 3.63) is 59.2 Å². The molecular formula is C18H21N3. The molecule has 3 nitrogen and oxygen atoms in total. The quantitative estimate of drug-likeness (QED) is 0.845. The van der Waals surface area contributed by atoms with E-state index < -0.39 is 0 Å². The van der Waals surface area contributed by atoms with Crippen LogP contribution in [0.25, 0.3) is 0 Å². The monoisotopic (exact) mass is 279 g/mol. The van der Waals surface area contributed by atoms with Crippen molar-refractivity contribution in [2.45, 2.75) is 26.8 Å². The molecule has 2 aromatic carbocycles. The van der Waals surface area contributed by atoms with Crippen LogP contribution in [0, 0.1) is 18.3 Å². The molecule has 108 valence electrons. The lowest BCUT2D eigenvalue weighted by atomic mass is 10.1. The van der Waals surface area contributed by atoms with Gasteiger partial charge in [0.15, 0.2) is 0 Å². The second kappa shape index (κ2) is 6.81. The predicted molar refractivity (Wildman–Crippen MR) is 88.1 cm³/mol. The molecule has 21 heavy (non-hydrogen) atoms. The normalized spacial score (nSPS) is 10.1. The summed E-state index contributed by atoms with van der Waals surface area (Å²) in [5, 5.41) is 9.38. The zero-order valence-electron chi connectivity index (χ0n) is 12.6. The fourth-order valence-corrected chi connectivity index (χ4v) is 2.45. The summed E-state index contributed by atoms with van der Waals surface area (Å²) in [7, 11) is 0. The van der Waals surface area contributed by atoms with Crippen molar-refractivity contribution in [2.75, 3.05) is 17.2 Å². The summed E-state index contributed by atoms with van der Waals surface area (Å²) >= 11 is 0. The highest BCUT2D eigenvalue weighted by Gasteiger charge is 2.12. The Hall–Kier alpha value is -2.47. The number of benzene rings is 2. The topological polar surface area (TPSA) is 53.0 Å². The predicted octanol–water partition coefficient (Wildman–Crippen LogP) is 3.87. The largest absolute Gasteiger partial charge is 0.398 e. The standard InChI is InChI=1S/C18H21N3/c1-3-10-21(13-15-6-4-5-7-17(15)20)18-9-8-14(2)11-16(18)12-19/h4-9,11H,3,10,13,20H2,1-2H3. The van der Waals surface area contributed by atoms with Crippen molar-refractivity contribution in [3.63, 3.8) is 0 Å². The summed E-state index contributed by atoms with van der Waals surface area (Å²) in [6, 6.07) is 16.2. The molecule has 0 saturated heterocycles. The maximum atomic E-state index is 9.38. The van der Waals surface area contributed by atoms with Gasteiger partial charge in [0, 0.05) is 18.8 Å². The van der Waals surface area contributed by atoms with E-state index in [0.29, 0.717) is 0 Å². The Morgan fingerprint density at radius 3 is 2.62 bits per heavy atom. The zero-order valence-corrected chi connectivity index (χ0v) is 12.6. The van der Waals surface area contributed by atoms with Gasteiger partial charge >= 0.3 is 0 Å². The highest BCUT2D eigenvalue weighted by Crippen LogP contribution is 2.25. The molecule has 0 aliphatic heterocycles. The van der Waals surface area contributed by atoms with E-state index in [0.717, 1.165) is 47.6 Å². The first-order valence-electron chi connectivity index (χ1n) is 7.24. The summed E-state index contributed by atoms with van der Waals surface area (Å²) in [6.45, 7) is 5.76. The Kier molecular flexibility index (Phi) is 4.84. The van der Waals surface area contributed by atoms with Crippen molar-refractivity contribution >= 4 is 11.4 Å². The van der Waals surface area contributed by atoms with Crippen LogP contribution in [0.2, 0.25) is 0 Å². The number of nitriles is 1. The van der Waals surface area contributed by atoms with E-state index in [-0.39, 0.29) is 0 Å². The minimum atomic E-state index is 0.720. The lowest BCUT2D eigenvalue weighted by molar-refractivity contribution is 0.767. The molecular weight excluding hydrogens is 258 g/mol. The van der Waals surface area contributed by atoms with Crippen molar-refractivity contribution in [1.29, 1.82) is 5.26 Å². The molecule has 2 N–H and O–H groups in total. The molecule has 0 aliphatic rings. The van der Waals surface area contributed by atoms with Crippen molar-refractivity contribution in [2.24, 2.45) is 0 Å². The van der Waals surface area contributed by atoms with Gasteiger partial charge in [0.05, 0.1) is 11.3 Å². The first kappa shape index (κ1) is 14.9. The van der Waals surface area contributed by atoms with Gasteiger partial charge in [-0.05, 0) is 42.7 Å². The molecule has 2 rings (SSSR count). The van der Waals surface area contributed by atoms with E-state index in [1.165, 1.54) is 0 Å². The van der Waals surface area contributed by atoms with E-state index in [2.05, 4.69) is 17.9 Å². The lowest BCUT2D eigenvalue weighted by Gasteiger charge is -2.26. The molecule has 0 aliphatic carbocycles. The Morgan fingerprint density at radius 1 is 1.19 bits per heavy atom. The van der Waals surface area contributed by atoms with Crippen LogP contribution >= 0.6 is 0 Å². The van der Waals surface area contributed by atoms with E-state index in [9.17, 15) is 5.26 Å².